The summed E-state index contributed by atoms with van der Waals surface area (Å²) in [6.45, 7) is 1.59. The van der Waals surface area contributed by atoms with E-state index in [9.17, 15) is 14.4 Å². The first-order chi connectivity index (χ1) is 6.65. The van der Waals surface area contributed by atoms with Crippen LogP contribution in [0.3, 0.4) is 0 Å². The Morgan fingerprint density at radius 2 is 2.07 bits per heavy atom. The number of aldehydes is 2. The van der Waals surface area contributed by atoms with Crippen LogP contribution in [0, 0.1) is 0 Å². The molecule has 5 heteroatoms. The molecule has 0 rings (SSSR count). The summed E-state index contributed by atoms with van der Waals surface area (Å²) in [4.78, 5) is 31.8. The average molecular weight is 200 g/mol. The Kier molecular flexibility index (Phi) is 6.57. The zero-order chi connectivity index (χ0) is 11.0. The third kappa shape index (κ3) is 4.71. The van der Waals surface area contributed by atoms with Crippen LogP contribution in [-0.4, -0.2) is 37.6 Å². The van der Waals surface area contributed by atoms with Gasteiger partial charge in [-0.1, -0.05) is 0 Å². The highest BCUT2D eigenvalue weighted by molar-refractivity contribution is 5.84. The van der Waals surface area contributed by atoms with Crippen molar-refractivity contribution in [3.05, 3.63) is 0 Å². The Morgan fingerprint density at radius 1 is 1.43 bits per heavy atom. The molecule has 1 unspecified atom stereocenters. The summed E-state index contributed by atoms with van der Waals surface area (Å²) < 4.78 is 0. The average Bonchev–Trinajstić information content (AvgIpc) is 2.18. The number of hydrogen-bond donors (Lipinski definition) is 2. The van der Waals surface area contributed by atoms with Crippen molar-refractivity contribution in [3.63, 3.8) is 0 Å². The molecule has 80 valence electrons. The van der Waals surface area contributed by atoms with E-state index in [0.717, 1.165) is 6.29 Å². The fraction of sp³-hybridized carbons (Fsp3) is 0.667. The smallest absolute Gasteiger partial charge is 0.237 e. The molecule has 0 saturated heterocycles. The first-order valence-corrected chi connectivity index (χ1v) is 4.52. The van der Waals surface area contributed by atoms with E-state index in [1.54, 1.807) is 14.0 Å². The lowest BCUT2D eigenvalue weighted by Gasteiger charge is -2.16. The van der Waals surface area contributed by atoms with Gasteiger partial charge in [0.25, 0.3) is 0 Å². The van der Waals surface area contributed by atoms with Crippen molar-refractivity contribution in [2.24, 2.45) is 0 Å². The highest BCUT2D eigenvalue weighted by Crippen LogP contribution is 1.95. The second kappa shape index (κ2) is 7.20. The third-order valence-corrected chi connectivity index (χ3v) is 1.81. The molecule has 0 radical (unpaired) electrons. The molecule has 0 aliphatic carbocycles. The van der Waals surface area contributed by atoms with Gasteiger partial charge >= 0.3 is 0 Å². The number of carbonyl (C=O) groups excluding carboxylic acids is 3. The molecule has 1 amide bonds. The monoisotopic (exact) mass is 200 g/mol. The summed E-state index contributed by atoms with van der Waals surface area (Å²) >= 11 is 0. The van der Waals surface area contributed by atoms with Gasteiger partial charge in [0.1, 0.15) is 12.6 Å². The van der Waals surface area contributed by atoms with Crippen molar-refractivity contribution >= 4 is 18.5 Å². The molecule has 0 aromatic carbocycles. The molecule has 0 heterocycles. The largest absolute Gasteiger partial charge is 0.346 e. The van der Waals surface area contributed by atoms with Crippen molar-refractivity contribution in [1.29, 1.82) is 0 Å². The number of carbonyl (C=O) groups is 3. The molecule has 5 nitrogen and oxygen atoms in total. The van der Waals surface area contributed by atoms with Crippen LogP contribution in [0.15, 0.2) is 0 Å². The summed E-state index contributed by atoms with van der Waals surface area (Å²) in [5.41, 5.74) is 0. The Hall–Kier alpha value is -1.23. The molecule has 2 atom stereocenters. The van der Waals surface area contributed by atoms with Crippen LogP contribution in [-0.2, 0) is 14.4 Å². The predicted octanol–water partition coefficient (Wildman–Crippen LogP) is -0.743. The van der Waals surface area contributed by atoms with Gasteiger partial charge in [-0.2, -0.15) is 0 Å². The summed E-state index contributed by atoms with van der Waals surface area (Å²) in [7, 11) is 1.64. The lowest BCUT2D eigenvalue weighted by atomic mass is 10.1. The summed E-state index contributed by atoms with van der Waals surface area (Å²) in [6.07, 6.45) is 2.19. The standard InChI is InChI=1S/C9H16N2O3/c1-7(6-13)11-9(14)8(10-2)4-3-5-12/h5-8,10H,3-4H2,1-2H3,(H,11,14)/t7-,8?/m0/s1. The minimum absolute atomic E-state index is 0.256. The first kappa shape index (κ1) is 12.8. The number of rotatable bonds is 7. The molecule has 0 bridgehead atoms. The highest BCUT2D eigenvalue weighted by atomic mass is 16.2. The van der Waals surface area contributed by atoms with E-state index in [2.05, 4.69) is 10.6 Å². The van der Waals surface area contributed by atoms with Crippen molar-refractivity contribution in [2.45, 2.75) is 31.8 Å². The molecule has 14 heavy (non-hydrogen) atoms. The van der Waals surface area contributed by atoms with Crippen LogP contribution >= 0.6 is 0 Å². The number of nitrogens with one attached hydrogen (secondary N) is 2. The van der Waals surface area contributed by atoms with Crippen molar-refractivity contribution in [2.75, 3.05) is 7.05 Å². The van der Waals surface area contributed by atoms with Crippen LogP contribution in [0.25, 0.3) is 0 Å². The van der Waals surface area contributed by atoms with Crippen LogP contribution in [0.1, 0.15) is 19.8 Å². The molecular weight excluding hydrogens is 184 g/mol. The quantitative estimate of drug-likeness (QED) is 0.531. The third-order valence-electron chi connectivity index (χ3n) is 1.81. The molecule has 0 fully saturated rings. The molecule has 0 aromatic rings. The maximum Gasteiger partial charge on any atom is 0.237 e. The normalized spacial score (nSPS) is 14.1. The number of hydrogen-bond acceptors (Lipinski definition) is 4. The molecule has 0 aliphatic heterocycles. The summed E-state index contributed by atoms with van der Waals surface area (Å²) in [5, 5.41) is 5.28. The Bertz CT molecular complexity index is 206. The molecular formula is C9H16N2O3. The molecule has 0 aliphatic rings. The Balaban J connectivity index is 4.02. The second-order valence-electron chi connectivity index (χ2n) is 3.02. The summed E-state index contributed by atoms with van der Waals surface area (Å²) in [6, 6.07) is -0.905. The van der Waals surface area contributed by atoms with E-state index in [1.807, 2.05) is 0 Å². The maximum atomic E-state index is 11.4. The molecule has 2 N–H and O–H groups in total. The lowest BCUT2D eigenvalue weighted by molar-refractivity contribution is -0.125. The van der Waals surface area contributed by atoms with E-state index < -0.39 is 12.1 Å². The lowest BCUT2D eigenvalue weighted by Crippen LogP contribution is -2.46. The predicted molar refractivity (Wildman–Crippen MR) is 51.8 cm³/mol. The number of likely N-dealkylation sites (N-methyl/N-ethyl adjacent to an activating group) is 1. The zero-order valence-electron chi connectivity index (χ0n) is 8.45. The van der Waals surface area contributed by atoms with Crippen molar-refractivity contribution < 1.29 is 14.4 Å². The van der Waals surface area contributed by atoms with Gasteiger partial charge in [0.2, 0.25) is 5.91 Å². The molecule has 0 saturated carbocycles. The summed E-state index contributed by atoms with van der Waals surface area (Å²) in [5.74, 6) is -0.256. The van der Waals surface area contributed by atoms with E-state index >= 15 is 0 Å². The maximum absolute atomic E-state index is 11.4. The Morgan fingerprint density at radius 3 is 2.50 bits per heavy atom. The minimum Gasteiger partial charge on any atom is -0.346 e. The molecule has 0 spiro atoms. The Labute approximate surface area is 83.2 Å². The van der Waals surface area contributed by atoms with Gasteiger partial charge < -0.3 is 20.2 Å². The van der Waals surface area contributed by atoms with Gasteiger partial charge in [-0.15, -0.1) is 0 Å². The second-order valence-corrected chi connectivity index (χ2v) is 3.02. The van der Waals surface area contributed by atoms with Gasteiger partial charge in [0, 0.05) is 6.42 Å². The van der Waals surface area contributed by atoms with E-state index in [4.69, 9.17) is 0 Å². The van der Waals surface area contributed by atoms with E-state index in [1.165, 1.54) is 0 Å². The zero-order valence-corrected chi connectivity index (χ0v) is 8.45. The van der Waals surface area contributed by atoms with Gasteiger partial charge in [0.15, 0.2) is 0 Å². The van der Waals surface area contributed by atoms with Gasteiger partial charge in [0.05, 0.1) is 12.1 Å². The number of amides is 1. The van der Waals surface area contributed by atoms with Gasteiger partial charge in [-0.3, -0.25) is 4.79 Å². The van der Waals surface area contributed by atoms with Crippen molar-refractivity contribution in [3.8, 4) is 0 Å². The fourth-order valence-electron chi connectivity index (χ4n) is 1.00. The van der Waals surface area contributed by atoms with Crippen molar-refractivity contribution in [1.82, 2.24) is 10.6 Å². The van der Waals surface area contributed by atoms with Crippen LogP contribution in [0.5, 0.6) is 0 Å². The van der Waals surface area contributed by atoms with Crippen LogP contribution < -0.4 is 10.6 Å². The van der Waals surface area contributed by atoms with Crippen LogP contribution in [0.2, 0.25) is 0 Å². The topological polar surface area (TPSA) is 75.3 Å². The molecule has 0 aromatic heterocycles. The van der Waals surface area contributed by atoms with E-state index in [0.29, 0.717) is 19.1 Å². The van der Waals surface area contributed by atoms with Gasteiger partial charge in [-0.25, -0.2) is 0 Å². The van der Waals surface area contributed by atoms with Crippen LogP contribution in [0.4, 0.5) is 0 Å². The van der Waals surface area contributed by atoms with Gasteiger partial charge in [-0.05, 0) is 20.4 Å². The fourth-order valence-corrected chi connectivity index (χ4v) is 1.00. The highest BCUT2D eigenvalue weighted by Gasteiger charge is 2.16. The SMILES string of the molecule is CNC(CCC=O)C(=O)N[C@@H](C)C=O. The minimum atomic E-state index is -0.491. The van der Waals surface area contributed by atoms with E-state index in [-0.39, 0.29) is 5.91 Å². The first-order valence-electron chi connectivity index (χ1n) is 4.52.